The molecule has 0 saturated carbocycles. The lowest BCUT2D eigenvalue weighted by Crippen LogP contribution is -2.48. The maximum Gasteiger partial charge on any atom is 0.254 e. The topological polar surface area (TPSA) is 107 Å². The molecule has 2 N–H and O–H groups in total. The Labute approximate surface area is 213 Å². The molecule has 3 aromatic heterocycles. The van der Waals surface area contributed by atoms with Crippen LogP contribution >= 0.6 is 0 Å². The van der Waals surface area contributed by atoms with Crippen molar-refractivity contribution in [2.75, 3.05) is 31.1 Å². The number of aromatic amines is 1. The molecular formula is C27H28FN7O2. The van der Waals surface area contributed by atoms with Gasteiger partial charge in [0, 0.05) is 56.4 Å². The summed E-state index contributed by atoms with van der Waals surface area (Å²) in [6.45, 7) is 6.35. The number of fused-ring (bicyclic) bond motifs is 1. The summed E-state index contributed by atoms with van der Waals surface area (Å²) in [5, 5.41) is 10.8. The summed E-state index contributed by atoms with van der Waals surface area (Å²) in [5.41, 5.74) is 3.29. The van der Waals surface area contributed by atoms with Crippen molar-refractivity contribution in [3.05, 3.63) is 71.9 Å². The summed E-state index contributed by atoms with van der Waals surface area (Å²) in [7, 11) is 0. The van der Waals surface area contributed by atoms with E-state index in [1.54, 1.807) is 31.5 Å². The Bertz CT molecular complexity index is 1430. The van der Waals surface area contributed by atoms with Crippen molar-refractivity contribution in [2.45, 2.75) is 26.3 Å². The molecule has 0 aliphatic carbocycles. The first-order valence-corrected chi connectivity index (χ1v) is 12.3. The first kappa shape index (κ1) is 24.4. The number of amides is 2. The van der Waals surface area contributed by atoms with E-state index in [2.05, 4.69) is 30.4 Å². The number of rotatable bonds is 6. The van der Waals surface area contributed by atoms with E-state index in [9.17, 15) is 14.0 Å². The fourth-order valence-electron chi connectivity index (χ4n) is 4.67. The van der Waals surface area contributed by atoms with Crippen LogP contribution in [0.4, 0.5) is 10.2 Å². The van der Waals surface area contributed by atoms with Crippen LogP contribution in [0.25, 0.3) is 22.2 Å². The van der Waals surface area contributed by atoms with Gasteiger partial charge in [0.1, 0.15) is 11.6 Å². The SMILES string of the molecule is CC[C@H](NC(=O)c1cnc(-c2ccc(F)cc2)c2[nH]ncc12)c1ccnc(N2CCN(C(C)=O)CC2)c1. The molecule has 9 nitrogen and oxygen atoms in total. The molecule has 0 radical (unpaired) electrons. The molecule has 2 amide bonds. The van der Waals surface area contributed by atoms with E-state index in [1.807, 2.05) is 24.0 Å². The zero-order valence-corrected chi connectivity index (χ0v) is 20.7. The maximum absolute atomic E-state index is 13.4. The second kappa shape index (κ2) is 10.3. The number of benzene rings is 1. The second-order valence-corrected chi connectivity index (χ2v) is 9.06. The molecule has 10 heteroatoms. The van der Waals surface area contributed by atoms with Crippen LogP contribution in [-0.2, 0) is 4.79 Å². The van der Waals surface area contributed by atoms with Crippen molar-refractivity contribution in [1.29, 1.82) is 0 Å². The maximum atomic E-state index is 13.4. The molecule has 1 aromatic carbocycles. The molecule has 37 heavy (non-hydrogen) atoms. The molecule has 0 spiro atoms. The summed E-state index contributed by atoms with van der Waals surface area (Å²) >= 11 is 0. The largest absolute Gasteiger partial charge is 0.353 e. The number of halogens is 1. The van der Waals surface area contributed by atoms with Gasteiger partial charge in [-0.2, -0.15) is 5.10 Å². The normalized spacial score (nSPS) is 14.6. The van der Waals surface area contributed by atoms with Gasteiger partial charge in [-0.1, -0.05) is 6.92 Å². The number of carbonyl (C=O) groups excluding carboxylic acids is 2. The van der Waals surface area contributed by atoms with Crippen LogP contribution in [0.15, 0.2) is 55.0 Å². The lowest BCUT2D eigenvalue weighted by molar-refractivity contribution is -0.129. The molecule has 0 bridgehead atoms. The third kappa shape index (κ3) is 5.00. The molecule has 1 fully saturated rings. The highest BCUT2D eigenvalue weighted by Crippen LogP contribution is 2.28. The van der Waals surface area contributed by atoms with Crippen molar-refractivity contribution in [3.8, 4) is 11.3 Å². The Kier molecular flexibility index (Phi) is 6.80. The summed E-state index contributed by atoms with van der Waals surface area (Å²) in [5.74, 6) is 0.326. The molecule has 1 saturated heterocycles. The van der Waals surface area contributed by atoms with Crippen molar-refractivity contribution in [2.24, 2.45) is 0 Å². The predicted octanol–water partition coefficient (Wildman–Crippen LogP) is 3.71. The number of pyridine rings is 2. The zero-order valence-electron chi connectivity index (χ0n) is 20.7. The van der Waals surface area contributed by atoms with Crippen LogP contribution in [0.5, 0.6) is 0 Å². The summed E-state index contributed by atoms with van der Waals surface area (Å²) in [6.07, 6.45) is 5.57. The Morgan fingerprint density at radius 3 is 2.54 bits per heavy atom. The van der Waals surface area contributed by atoms with Crippen molar-refractivity contribution in [3.63, 3.8) is 0 Å². The van der Waals surface area contributed by atoms with Gasteiger partial charge in [0.2, 0.25) is 5.91 Å². The molecule has 4 aromatic rings. The molecule has 4 heterocycles. The molecule has 1 aliphatic rings. The molecule has 1 aliphatic heterocycles. The monoisotopic (exact) mass is 501 g/mol. The number of H-pyrrole nitrogens is 1. The average Bonchev–Trinajstić information content (AvgIpc) is 3.42. The summed E-state index contributed by atoms with van der Waals surface area (Å²) in [4.78, 5) is 38.0. The number of carbonyl (C=O) groups is 2. The first-order valence-electron chi connectivity index (χ1n) is 12.3. The number of nitrogens with one attached hydrogen (secondary N) is 2. The van der Waals surface area contributed by atoms with Gasteiger partial charge in [0.15, 0.2) is 0 Å². The number of hydrogen-bond donors (Lipinski definition) is 2. The van der Waals surface area contributed by atoms with Crippen LogP contribution in [0.3, 0.4) is 0 Å². The fourth-order valence-corrected chi connectivity index (χ4v) is 4.67. The minimum Gasteiger partial charge on any atom is -0.353 e. The number of piperazine rings is 1. The zero-order chi connectivity index (χ0) is 25.9. The standard InChI is InChI=1S/C27H28FN7O2/c1-3-23(19-8-9-29-24(14-19)35-12-10-34(11-13-35)17(2)36)32-27(37)22-15-30-25(26-21(22)16-31-33-26)18-4-6-20(28)7-5-18/h4-9,14-16,23H,3,10-13H2,1-2H3,(H,31,33)(H,32,37)/t23-/m0/s1. The lowest BCUT2D eigenvalue weighted by atomic mass is 10.0. The van der Waals surface area contributed by atoms with Crippen molar-refractivity contribution in [1.82, 2.24) is 30.4 Å². The highest BCUT2D eigenvalue weighted by molar-refractivity contribution is 6.08. The van der Waals surface area contributed by atoms with Crippen LogP contribution in [-0.4, -0.2) is 63.1 Å². The fraction of sp³-hybridized carbons (Fsp3) is 0.296. The third-order valence-electron chi connectivity index (χ3n) is 6.79. The highest BCUT2D eigenvalue weighted by atomic mass is 19.1. The quantitative estimate of drug-likeness (QED) is 0.417. The summed E-state index contributed by atoms with van der Waals surface area (Å²) < 4.78 is 13.4. The van der Waals surface area contributed by atoms with Gasteiger partial charge in [0.05, 0.1) is 29.0 Å². The van der Waals surface area contributed by atoms with Gasteiger partial charge in [-0.25, -0.2) is 9.37 Å². The molecule has 1 atom stereocenters. The van der Waals surface area contributed by atoms with Crippen LogP contribution in [0.1, 0.15) is 42.2 Å². The molecule has 5 rings (SSSR count). The molecular weight excluding hydrogens is 473 g/mol. The first-order chi connectivity index (χ1) is 17.9. The Hall–Kier alpha value is -4.34. The van der Waals surface area contributed by atoms with E-state index in [0.29, 0.717) is 54.8 Å². The Morgan fingerprint density at radius 2 is 1.84 bits per heavy atom. The van der Waals surface area contributed by atoms with E-state index < -0.39 is 0 Å². The molecule has 190 valence electrons. The van der Waals surface area contributed by atoms with Gasteiger partial charge >= 0.3 is 0 Å². The number of nitrogens with zero attached hydrogens (tertiary/aromatic N) is 5. The third-order valence-corrected chi connectivity index (χ3v) is 6.79. The van der Waals surface area contributed by atoms with Crippen LogP contribution < -0.4 is 10.2 Å². The van der Waals surface area contributed by atoms with E-state index in [1.165, 1.54) is 18.3 Å². The van der Waals surface area contributed by atoms with Gasteiger partial charge in [-0.05, 0) is 48.4 Å². The van der Waals surface area contributed by atoms with Gasteiger partial charge in [0.25, 0.3) is 5.91 Å². The van der Waals surface area contributed by atoms with Crippen LogP contribution in [0, 0.1) is 5.82 Å². The van der Waals surface area contributed by atoms with E-state index in [-0.39, 0.29) is 23.7 Å². The van der Waals surface area contributed by atoms with Crippen molar-refractivity contribution < 1.29 is 14.0 Å². The number of hydrogen-bond acceptors (Lipinski definition) is 6. The smallest absolute Gasteiger partial charge is 0.254 e. The second-order valence-electron chi connectivity index (χ2n) is 9.06. The highest BCUT2D eigenvalue weighted by Gasteiger charge is 2.22. The Balaban J connectivity index is 1.35. The number of anilines is 1. The minimum atomic E-state index is -0.330. The van der Waals surface area contributed by atoms with E-state index >= 15 is 0 Å². The predicted molar refractivity (Wildman–Crippen MR) is 138 cm³/mol. The number of aromatic nitrogens is 4. The van der Waals surface area contributed by atoms with Crippen LogP contribution in [0.2, 0.25) is 0 Å². The van der Waals surface area contributed by atoms with Gasteiger partial charge in [-0.15, -0.1) is 0 Å². The van der Waals surface area contributed by atoms with Gasteiger partial charge < -0.3 is 15.1 Å². The summed E-state index contributed by atoms with van der Waals surface area (Å²) in [6, 6.07) is 9.72. The van der Waals surface area contributed by atoms with E-state index in [0.717, 1.165) is 16.9 Å². The lowest BCUT2D eigenvalue weighted by Gasteiger charge is -2.35. The average molecular weight is 502 g/mol. The molecule has 0 unspecified atom stereocenters. The van der Waals surface area contributed by atoms with Crippen molar-refractivity contribution >= 4 is 28.5 Å². The van der Waals surface area contributed by atoms with Gasteiger partial charge in [-0.3, -0.25) is 19.7 Å². The minimum absolute atomic E-state index is 0.0852. The van der Waals surface area contributed by atoms with E-state index in [4.69, 9.17) is 0 Å². The Morgan fingerprint density at radius 1 is 1.08 bits per heavy atom.